The molecule has 0 saturated heterocycles. The Balaban J connectivity index is 2.96. The Kier molecular flexibility index (Phi) is 2.97. The first-order chi connectivity index (χ1) is 4.84. The Morgan fingerprint density at radius 1 is 1.30 bits per heavy atom. The molecule has 0 aliphatic heterocycles. The summed E-state index contributed by atoms with van der Waals surface area (Å²) in [6.45, 7) is 0. The van der Waals surface area contributed by atoms with Crippen LogP contribution in [0.1, 0.15) is 5.56 Å². The van der Waals surface area contributed by atoms with E-state index in [-0.39, 0.29) is 0 Å². The second-order valence-electron chi connectivity index (χ2n) is 1.82. The van der Waals surface area contributed by atoms with Crippen molar-refractivity contribution in [2.45, 2.75) is 0 Å². The van der Waals surface area contributed by atoms with E-state index in [9.17, 15) is 0 Å². The zero-order chi connectivity index (χ0) is 7.40. The summed E-state index contributed by atoms with van der Waals surface area (Å²) < 4.78 is 0. The van der Waals surface area contributed by atoms with Gasteiger partial charge in [0.2, 0.25) is 0 Å². The maximum atomic E-state index is 5.80. The fraction of sp³-hybridized carbons (Fsp3) is 0. The summed E-state index contributed by atoms with van der Waals surface area (Å²) in [6, 6.07) is 9.78. The van der Waals surface area contributed by atoms with Crippen molar-refractivity contribution >= 4 is 32.6 Å². The van der Waals surface area contributed by atoms with E-state index in [2.05, 4.69) is 15.9 Å². The number of hydrogen-bond acceptors (Lipinski definition) is 0. The van der Waals surface area contributed by atoms with Crippen molar-refractivity contribution in [1.82, 2.24) is 0 Å². The van der Waals surface area contributed by atoms with Crippen LogP contribution in [0.4, 0.5) is 0 Å². The molecule has 1 rings (SSSR count). The first-order valence-corrected chi connectivity index (χ1v) is 4.15. The van der Waals surface area contributed by atoms with Crippen molar-refractivity contribution in [1.29, 1.82) is 0 Å². The van der Waals surface area contributed by atoms with Gasteiger partial charge in [-0.25, -0.2) is 0 Å². The fourth-order valence-electron chi connectivity index (χ4n) is 0.660. The van der Waals surface area contributed by atoms with Gasteiger partial charge >= 0.3 is 0 Å². The summed E-state index contributed by atoms with van der Waals surface area (Å²) in [5.74, 6) is 0. The van der Waals surface area contributed by atoms with Gasteiger partial charge in [-0.05, 0) is 5.56 Å². The van der Waals surface area contributed by atoms with E-state index >= 15 is 0 Å². The van der Waals surface area contributed by atoms with E-state index in [0.717, 1.165) is 10.6 Å². The highest BCUT2D eigenvalue weighted by Crippen LogP contribution is 2.18. The van der Waals surface area contributed by atoms with Crippen molar-refractivity contribution in [3.8, 4) is 0 Å². The zero-order valence-electron chi connectivity index (χ0n) is 5.22. The summed E-state index contributed by atoms with van der Waals surface area (Å²) in [4.78, 5) is 1.70. The molecule has 0 aromatic heterocycles. The van der Waals surface area contributed by atoms with Gasteiger partial charge < -0.3 is 0 Å². The van der Waals surface area contributed by atoms with E-state index < -0.39 is 0 Å². The Bertz CT molecular complexity index is 228. The first-order valence-electron chi connectivity index (χ1n) is 2.86. The summed E-state index contributed by atoms with van der Waals surface area (Å²) in [6.07, 6.45) is 0. The van der Waals surface area contributed by atoms with Gasteiger partial charge in [-0.3, -0.25) is 0 Å². The standard InChI is InChI=1S/C8H6BrCl/c9-6-8(10)7-4-2-1-3-5-7/h1-6H/b8-6+. The number of hydrogen-bond donors (Lipinski definition) is 0. The van der Waals surface area contributed by atoms with Gasteiger partial charge in [0.15, 0.2) is 0 Å². The van der Waals surface area contributed by atoms with Gasteiger partial charge in [-0.1, -0.05) is 57.9 Å². The Morgan fingerprint density at radius 2 is 1.90 bits per heavy atom. The predicted octanol–water partition coefficient (Wildman–Crippen LogP) is 3.62. The molecule has 52 valence electrons. The van der Waals surface area contributed by atoms with Gasteiger partial charge in [-0.2, -0.15) is 0 Å². The largest absolute Gasteiger partial charge is 0.0831 e. The third-order valence-electron chi connectivity index (χ3n) is 1.15. The van der Waals surface area contributed by atoms with Crippen LogP contribution in [-0.4, -0.2) is 0 Å². The highest BCUT2D eigenvalue weighted by atomic mass is 79.9. The van der Waals surface area contributed by atoms with Crippen molar-refractivity contribution < 1.29 is 0 Å². The second-order valence-corrected chi connectivity index (χ2v) is 2.69. The van der Waals surface area contributed by atoms with E-state index in [1.807, 2.05) is 30.3 Å². The van der Waals surface area contributed by atoms with Crippen LogP contribution in [0, 0.1) is 0 Å². The SMILES string of the molecule is Cl/C(=C/Br)c1ccccc1. The topological polar surface area (TPSA) is 0 Å². The molecule has 0 fully saturated rings. The Labute approximate surface area is 73.6 Å². The van der Waals surface area contributed by atoms with Crippen LogP contribution in [0.3, 0.4) is 0 Å². The van der Waals surface area contributed by atoms with Gasteiger partial charge in [-0.15, -0.1) is 0 Å². The Morgan fingerprint density at radius 3 is 2.40 bits per heavy atom. The summed E-state index contributed by atoms with van der Waals surface area (Å²) in [7, 11) is 0. The fourth-order valence-corrected chi connectivity index (χ4v) is 1.05. The molecule has 0 N–H and O–H groups in total. The molecule has 0 nitrogen and oxygen atoms in total. The molecule has 0 atom stereocenters. The van der Waals surface area contributed by atoms with Crippen LogP contribution < -0.4 is 0 Å². The van der Waals surface area contributed by atoms with E-state index in [1.54, 1.807) is 4.99 Å². The highest BCUT2D eigenvalue weighted by Gasteiger charge is 1.92. The molecule has 1 aromatic rings. The summed E-state index contributed by atoms with van der Waals surface area (Å²) in [5.41, 5.74) is 1.03. The lowest BCUT2D eigenvalue weighted by Gasteiger charge is -1.94. The molecule has 0 heterocycles. The molecule has 2 heteroatoms. The number of halogens is 2. The smallest absolute Gasteiger partial charge is 0.0547 e. The van der Waals surface area contributed by atoms with Crippen LogP contribution in [-0.2, 0) is 0 Å². The van der Waals surface area contributed by atoms with Crippen LogP contribution in [0.15, 0.2) is 35.3 Å². The summed E-state index contributed by atoms with van der Waals surface area (Å²) in [5, 5.41) is 0.723. The van der Waals surface area contributed by atoms with Gasteiger partial charge in [0.25, 0.3) is 0 Å². The van der Waals surface area contributed by atoms with Crippen LogP contribution >= 0.6 is 27.5 Å². The van der Waals surface area contributed by atoms with Crippen LogP contribution in [0.2, 0.25) is 0 Å². The molecule has 0 aliphatic rings. The van der Waals surface area contributed by atoms with E-state index in [1.165, 1.54) is 0 Å². The van der Waals surface area contributed by atoms with Crippen molar-refractivity contribution in [2.75, 3.05) is 0 Å². The lowest BCUT2D eigenvalue weighted by molar-refractivity contribution is 1.66. The second kappa shape index (κ2) is 3.79. The number of rotatable bonds is 1. The molecule has 0 bridgehead atoms. The number of benzene rings is 1. The van der Waals surface area contributed by atoms with Crippen LogP contribution in [0.5, 0.6) is 0 Å². The predicted molar refractivity (Wildman–Crippen MR) is 49.2 cm³/mol. The maximum Gasteiger partial charge on any atom is 0.0547 e. The average Bonchev–Trinajstić information content (AvgIpc) is 2.05. The average molecular weight is 217 g/mol. The van der Waals surface area contributed by atoms with Crippen LogP contribution in [0.25, 0.3) is 5.03 Å². The minimum atomic E-state index is 0.723. The molecular weight excluding hydrogens is 211 g/mol. The molecule has 0 spiro atoms. The minimum absolute atomic E-state index is 0.723. The molecule has 10 heavy (non-hydrogen) atoms. The molecule has 0 amide bonds. The molecule has 0 radical (unpaired) electrons. The third kappa shape index (κ3) is 1.86. The highest BCUT2D eigenvalue weighted by molar-refractivity contribution is 9.11. The van der Waals surface area contributed by atoms with Crippen molar-refractivity contribution in [3.05, 3.63) is 40.9 Å². The van der Waals surface area contributed by atoms with Crippen molar-refractivity contribution in [2.24, 2.45) is 0 Å². The quantitative estimate of drug-likeness (QED) is 0.674. The lowest BCUT2D eigenvalue weighted by Crippen LogP contribution is -1.71. The summed E-state index contributed by atoms with van der Waals surface area (Å²) >= 11 is 8.96. The monoisotopic (exact) mass is 216 g/mol. The van der Waals surface area contributed by atoms with Gasteiger partial charge in [0.05, 0.1) is 5.03 Å². The van der Waals surface area contributed by atoms with E-state index in [0.29, 0.717) is 0 Å². The molecule has 0 saturated carbocycles. The molecule has 1 aromatic carbocycles. The zero-order valence-corrected chi connectivity index (χ0v) is 7.56. The first kappa shape index (κ1) is 7.83. The molecular formula is C8H6BrCl. The lowest BCUT2D eigenvalue weighted by atomic mass is 10.2. The molecule has 0 unspecified atom stereocenters. The van der Waals surface area contributed by atoms with Gasteiger partial charge in [0.1, 0.15) is 0 Å². The normalized spacial score (nSPS) is 11.6. The minimum Gasteiger partial charge on any atom is -0.0831 e. The molecule has 0 aliphatic carbocycles. The van der Waals surface area contributed by atoms with E-state index in [4.69, 9.17) is 11.6 Å². The van der Waals surface area contributed by atoms with Crippen molar-refractivity contribution in [3.63, 3.8) is 0 Å². The van der Waals surface area contributed by atoms with Gasteiger partial charge in [0, 0.05) is 4.99 Å². The third-order valence-corrected chi connectivity index (χ3v) is 2.19. The maximum absolute atomic E-state index is 5.80. The Hall–Kier alpha value is -0.270.